The number of nitrogens with two attached hydrogens (primary N) is 1. The van der Waals surface area contributed by atoms with Gasteiger partial charge in [0.15, 0.2) is 0 Å². The molecule has 0 fully saturated rings. The molecular formula is C14H31N. The van der Waals surface area contributed by atoms with Crippen LogP contribution in [0.2, 0.25) is 0 Å². The van der Waals surface area contributed by atoms with Crippen molar-refractivity contribution in [2.75, 3.05) is 0 Å². The molecule has 0 rings (SSSR count). The zero-order valence-corrected chi connectivity index (χ0v) is 11.3. The highest BCUT2D eigenvalue weighted by Crippen LogP contribution is 2.23. The third-order valence-electron chi connectivity index (χ3n) is 3.68. The van der Waals surface area contributed by atoms with E-state index in [0.717, 1.165) is 11.8 Å². The van der Waals surface area contributed by atoms with E-state index in [1.165, 1.54) is 44.9 Å². The van der Waals surface area contributed by atoms with Gasteiger partial charge >= 0.3 is 0 Å². The van der Waals surface area contributed by atoms with Crippen molar-refractivity contribution in [2.45, 2.75) is 78.7 Å². The van der Waals surface area contributed by atoms with Crippen molar-refractivity contribution in [2.24, 2.45) is 17.6 Å². The van der Waals surface area contributed by atoms with Crippen molar-refractivity contribution in [1.29, 1.82) is 0 Å². The number of rotatable bonds is 9. The van der Waals surface area contributed by atoms with Crippen molar-refractivity contribution in [3.8, 4) is 0 Å². The Hall–Kier alpha value is -0.0400. The summed E-state index contributed by atoms with van der Waals surface area (Å²) in [6, 6.07) is 0.440. The second-order valence-electron chi connectivity index (χ2n) is 4.92. The van der Waals surface area contributed by atoms with Crippen LogP contribution in [0.1, 0.15) is 72.6 Å². The molecule has 92 valence electrons. The highest BCUT2D eigenvalue weighted by molar-refractivity contribution is 4.75. The van der Waals surface area contributed by atoms with Gasteiger partial charge in [0, 0.05) is 6.04 Å². The van der Waals surface area contributed by atoms with Crippen molar-refractivity contribution in [1.82, 2.24) is 0 Å². The lowest BCUT2D eigenvalue weighted by atomic mass is 9.84. The summed E-state index contributed by atoms with van der Waals surface area (Å²) in [5.41, 5.74) is 6.34. The molecule has 2 N–H and O–H groups in total. The highest BCUT2D eigenvalue weighted by Gasteiger charge is 2.18. The molecule has 0 aromatic heterocycles. The van der Waals surface area contributed by atoms with Gasteiger partial charge < -0.3 is 5.73 Å². The van der Waals surface area contributed by atoms with E-state index in [4.69, 9.17) is 5.73 Å². The molecule has 0 amide bonds. The Morgan fingerprint density at radius 3 is 1.67 bits per heavy atom. The fraction of sp³-hybridized carbons (Fsp3) is 1.00. The molecule has 0 heterocycles. The van der Waals surface area contributed by atoms with Gasteiger partial charge in [-0.2, -0.15) is 0 Å². The van der Waals surface area contributed by atoms with E-state index in [0.29, 0.717) is 6.04 Å². The van der Waals surface area contributed by atoms with Crippen LogP contribution in [0.15, 0.2) is 0 Å². The summed E-state index contributed by atoms with van der Waals surface area (Å²) in [7, 11) is 0. The summed E-state index contributed by atoms with van der Waals surface area (Å²) < 4.78 is 0. The van der Waals surface area contributed by atoms with Crippen LogP contribution in [0.25, 0.3) is 0 Å². The van der Waals surface area contributed by atoms with Gasteiger partial charge in [0.2, 0.25) is 0 Å². The molecule has 0 aromatic rings. The monoisotopic (exact) mass is 213 g/mol. The molecule has 15 heavy (non-hydrogen) atoms. The molecule has 1 heteroatoms. The zero-order valence-electron chi connectivity index (χ0n) is 11.3. The summed E-state index contributed by atoms with van der Waals surface area (Å²) in [6.45, 7) is 9.12. The molecule has 1 unspecified atom stereocenters. The van der Waals surface area contributed by atoms with E-state index in [9.17, 15) is 0 Å². The van der Waals surface area contributed by atoms with Crippen LogP contribution in [-0.4, -0.2) is 6.04 Å². The average Bonchev–Trinajstić information content (AvgIpc) is 2.25. The Balaban J connectivity index is 4.04. The summed E-state index contributed by atoms with van der Waals surface area (Å²) >= 11 is 0. The first-order valence-electron chi connectivity index (χ1n) is 6.94. The van der Waals surface area contributed by atoms with Crippen LogP contribution in [-0.2, 0) is 0 Å². The smallest absolute Gasteiger partial charge is 0.00697 e. The van der Waals surface area contributed by atoms with E-state index in [1.807, 2.05) is 0 Å². The predicted molar refractivity (Wildman–Crippen MR) is 70.0 cm³/mol. The van der Waals surface area contributed by atoms with Gasteiger partial charge in [-0.15, -0.1) is 0 Å². The van der Waals surface area contributed by atoms with Crippen LogP contribution < -0.4 is 5.73 Å². The van der Waals surface area contributed by atoms with Crippen molar-refractivity contribution in [3.63, 3.8) is 0 Å². The van der Waals surface area contributed by atoms with Gasteiger partial charge in [-0.1, -0.05) is 53.4 Å². The minimum atomic E-state index is 0.440. The fourth-order valence-corrected chi connectivity index (χ4v) is 2.51. The topological polar surface area (TPSA) is 26.0 Å². The summed E-state index contributed by atoms with van der Waals surface area (Å²) in [5.74, 6) is 1.61. The normalized spacial score (nSPS) is 13.8. The van der Waals surface area contributed by atoms with Crippen LogP contribution in [0.3, 0.4) is 0 Å². The summed E-state index contributed by atoms with van der Waals surface area (Å²) in [4.78, 5) is 0. The minimum absolute atomic E-state index is 0.440. The lowest BCUT2D eigenvalue weighted by molar-refractivity contribution is 0.298. The molecule has 1 nitrogen and oxygen atoms in total. The molecule has 0 spiro atoms. The lowest BCUT2D eigenvalue weighted by Crippen LogP contribution is -2.32. The molecule has 0 bridgehead atoms. The van der Waals surface area contributed by atoms with E-state index >= 15 is 0 Å². The molecule has 0 saturated carbocycles. The third-order valence-corrected chi connectivity index (χ3v) is 3.68. The van der Waals surface area contributed by atoms with Crippen molar-refractivity contribution >= 4 is 0 Å². The fourth-order valence-electron chi connectivity index (χ4n) is 2.51. The average molecular weight is 213 g/mol. The highest BCUT2D eigenvalue weighted by atomic mass is 14.6. The van der Waals surface area contributed by atoms with E-state index in [-0.39, 0.29) is 0 Å². The lowest BCUT2D eigenvalue weighted by Gasteiger charge is -2.26. The van der Waals surface area contributed by atoms with Crippen LogP contribution in [0.4, 0.5) is 0 Å². The predicted octanol–water partition coefficient (Wildman–Crippen LogP) is 4.36. The van der Waals surface area contributed by atoms with Gasteiger partial charge in [0.25, 0.3) is 0 Å². The van der Waals surface area contributed by atoms with Gasteiger partial charge in [0.05, 0.1) is 0 Å². The van der Waals surface area contributed by atoms with Gasteiger partial charge in [0.1, 0.15) is 0 Å². The van der Waals surface area contributed by atoms with Crippen molar-refractivity contribution in [3.05, 3.63) is 0 Å². The Morgan fingerprint density at radius 1 is 0.867 bits per heavy atom. The standard InChI is InChI=1S/C14H31N/c1-5-9-13(10-6-2)14(15)11-12(7-3)8-4/h12-14H,5-11,15H2,1-4H3. The van der Waals surface area contributed by atoms with Gasteiger partial charge in [-0.05, 0) is 31.1 Å². The molecule has 0 aromatic carbocycles. The van der Waals surface area contributed by atoms with E-state index in [1.54, 1.807) is 0 Å². The summed E-state index contributed by atoms with van der Waals surface area (Å²) in [6.07, 6.45) is 8.99. The molecule has 0 aliphatic heterocycles. The first kappa shape index (κ1) is 15.0. The van der Waals surface area contributed by atoms with E-state index < -0.39 is 0 Å². The van der Waals surface area contributed by atoms with Crippen molar-refractivity contribution < 1.29 is 0 Å². The van der Waals surface area contributed by atoms with Crippen LogP contribution in [0, 0.1) is 11.8 Å². The molecule has 0 saturated heterocycles. The Labute approximate surface area is 96.8 Å². The maximum Gasteiger partial charge on any atom is 0.00697 e. The first-order valence-corrected chi connectivity index (χ1v) is 6.94. The quantitative estimate of drug-likeness (QED) is 0.605. The molecule has 0 aliphatic rings. The molecule has 0 radical (unpaired) electrons. The minimum Gasteiger partial charge on any atom is -0.327 e. The third kappa shape index (κ3) is 6.19. The van der Waals surface area contributed by atoms with Crippen LogP contribution >= 0.6 is 0 Å². The maximum atomic E-state index is 6.34. The second kappa shape index (κ2) is 9.21. The largest absolute Gasteiger partial charge is 0.327 e. The summed E-state index contributed by atoms with van der Waals surface area (Å²) in [5, 5.41) is 0. The van der Waals surface area contributed by atoms with Gasteiger partial charge in [-0.25, -0.2) is 0 Å². The maximum absolute atomic E-state index is 6.34. The second-order valence-corrected chi connectivity index (χ2v) is 4.92. The molecule has 1 atom stereocenters. The Bertz CT molecular complexity index is 123. The number of hydrogen-bond acceptors (Lipinski definition) is 1. The number of hydrogen-bond donors (Lipinski definition) is 1. The molecule has 0 aliphatic carbocycles. The Morgan fingerprint density at radius 2 is 1.33 bits per heavy atom. The zero-order chi connectivity index (χ0) is 11.7. The van der Waals surface area contributed by atoms with E-state index in [2.05, 4.69) is 27.7 Å². The molecular weight excluding hydrogens is 182 g/mol. The van der Waals surface area contributed by atoms with Crippen LogP contribution in [0.5, 0.6) is 0 Å². The Kier molecular flexibility index (Phi) is 9.18. The SMILES string of the molecule is CCCC(CCC)C(N)CC(CC)CC. The van der Waals surface area contributed by atoms with Gasteiger partial charge in [-0.3, -0.25) is 0 Å². The first-order chi connectivity index (χ1) is 7.19.